The van der Waals surface area contributed by atoms with Crippen molar-refractivity contribution in [3.05, 3.63) is 95.2 Å². The molecule has 6 nitrogen and oxygen atoms in total. The lowest BCUT2D eigenvalue weighted by Crippen LogP contribution is -2.37. The van der Waals surface area contributed by atoms with Gasteiger partial charge in [0.25, 0.3) is 0 Å². The number of carboxylic acids is 1. The predicted molar refractivity (Wildman–Crippen MR) is 191 cm³/mol. The number of nitrogens with zero attached hydrogens (tertiary/aromatic N) is 4. The minimum Gasteiger partial charge on any atom is -0.550 e. The Kier molecular flexibility index (Phi) is 10.5. The molecule has 2 aliphatic heterocycles. The number of hydrogen-bond donors (Lipinski definition) is 0. The minimum atomic E-state index is -1.02. The number of carbonyl (C=O) groups is 1. The molecule has 4 rings (SSSR count). The fourth-order valence-electron chi connectivity index (χ4n) is 7.01. The third-order valence-electron chi connectivity index (χ3n) is 9.55. The van der Waals surface area contributed by atoms with Gasteiger partial charge in [-0.15, -0.1) is 0 Å². The molecular formula is C40H58N4O2+2. The highest BCUT2D eigenvalue weighted by Gasteiger charge is 2.44. The van der Waals surface area contributed by atoms with E-state index in [1.54, 1.807) is 0 Å². The number of allylic oxidation sites excluding steroid dienone is 6. The lowest BCUT2D eigenvalue weighted by Gasteiger charge is -2.29. The molecule has 2 heterocycles. The Morgan fingerprint density at radius 2 is 1.43 bits per heavy atom. The van der Waals surface area contributed by atoms with E-state index in [2.05, 4.69) is 152 Å². The van der Waals surface area contributed by atoms with E-state index in [9.17, 15) is 9.90 Å². The third kappa shape index (κ3) is 8.26. The van der Waals surface area contributed by atoms with E-state index in [1.165, 1.54) is 33.9 Å². The van der Waals surface area contributed by atoms with Crippen LogP contribution in [-0.2, 0) is 15.6 Å². The van der Waals surface area contributed by atoms with Crippen LogP contribution in [0.25, 0.3) is 0 Å². The number of hydrogen-bond acceptors (Lipinski definition) is 3. The van der Waals surface area contributed by atoms with E-state index in [0.29, 0.717) is 6.42 Å². The number of benzene rings is 2. The van der Waals surface area contributed by atoms with Gasteiger partial charge in [-0.05, 0) is 50.0 Å². The van der Waals surface area contributed by atoms with Crippen molar-refractivity contribution < 1.29 is 23.4 Å². The molecule has 2 aromatic carbocycles. The molecule has 2 aliphatic rings. The molecule has 0 amide bonds. The van der Waals surface area contributed by atoms with E-state index in [0.717, 1.165) is 53.6 Å². The van der Waals surface area contributed by atoms with Crippen molar-refractivity contribution in [1.29, 1.82) is 0 Å². The van der Waals surface area contributed by atoms with Gasteiger partial charge in [0.1, 0.15) is 0 Å². The molecule has 248 valence electrons. The van der Waals surface area contributed by atoms with Crippen LogP contribution in [0.2, 0.25) is 0 Å². The van der Waals surface area contributed by atoms with Gasteiger partial charge in [-0.2, -0.15) is 4.58 Å². The number of aliphatic carboxylic acids is 1. The minimum absolute atomic E-state index is 0.0116. The molecule has 2 aromatic rings. The van der Waals surface area contributed by atoms with Gasteiger partial charge in [-0.1, -0.05) is 62.4 Å². The first-order valence-corrected chi connectivity index (χ1v) is 16.9. The van der Waals surface area contributed by atoms with Gasteiger partial charge in [0.2, 0.25) is 5.69 Å². The van der Waals surface area contributed by atoms with Gasteiger partial charge in [-0.3, -0.25) is 0 Å². The summed E-state index contributed by atoms with van der Waals surface area (Å²) in [5.74, 6) is -1.02. The van der Waals surface area contributed by atoms with Crippen molar-refractivity contribution >= 4 is 23.1 Å². The third-order valence-corrected chi connectivity index (χ3v) is 9.55. The number of para-hydroxylation sites is 2. The normalized spacial score (nSPS) is 18.5. The number of fused-ring (bicyclic) bond motifs is 2. The zero-order valence-corrected chi connectivity index (χ0v) is 30.2. The largest absolute Gasteiger partial charge is 0.550 e. The molecule has 0 atom stereocenters. The summed E-state index contributed by atoms with van der Waals surface area (Å²) < 4.78 is 4.34. The number of carbonyl (C=O) groups excluding carboxylic acids is 1. The molecule has 0 N–H and O–H groups in total. The highest BCUT2D eigenvalue weighted by molar-refractivity contribution is 6.03. The maximum atomic E-state index is 11.6. The molecule has 46 heavy (non-hydrogen) atoms. The molecule has 0 aromatic heterocycles. The fraction of sp³-hybridized carbons (Fsp3) is 0.500. The maximum absolute atomic E-state index is 11.6. The maximum Gasteiger partial charge on any atom is 0.209 e. The zero-order valence-electron chi connectivity index (χ0n) is 30.2. The van der Waals surface area contributed by atoms with Gasteiger partial charge in [0, 0.05) is 53.4 Å². The van der Waals surface area contributed by atoms with Crippen LogP contribution in [0.1, 0.15) is 64.5 Å². The van der Waals surface area contributed by atoms with Crippen LogP contribution in [0.4, 0.5) is 11.4 Å². The number of anilines is 1. The van der Waals surface area contributed by atoms with Gasteiger partial charge >= 0.3 is 0 Å². The standard InChI is InChI=1S/C40H58N4O2/c1-39(2)32-17-11-13-19-34(32)41(27-15-29-43(5,6)7)36(39)24-21-31(23-26-38(45)46)22-25-37-40(3,4)33-18-12-14-20-35(33)42(37)28-16-30-44(8,9)10/h11-14,17-22,24-25H,15-16,23,26-30H2,1-10H3/q+2. The first-order valence-electron chi connectivity index (χ1n) is 16.9. The summed E-state index contributed by atoms with van der Waals surface area (Å²) in [6, 6.07) is 17.5. The quantitative estimate of drug-likeness (QED) is 0.148. The summed E-state index contributed by atoms with van der Waals surface area (Å²) in [5, 5.41) is 11.6. The highest BCUT2D eigenvalue weighted by Crippen LogP contribution is 2.47. The van der Waals surface area contributed by atoms with Crippen LogP contribution in [0.3, 0.4) is 0 Å². The summed E-state index contributed by atoms with van der Waals surface area (Å²) in [6.45, 7) is 13.2. The van der Waals surface area contributed by atoms with Crippen LogP contribution in [-0.4, -0.2) is 93.7 Å². The van der Waals surface area contributed by atoms with Crippen molar-refractivity contribution in [3.8, 4) is 0 Å². The smallest absolute Gasteiger partial charge is 0.209 e. The molecule has 0 fully saturated rings. The Balaban J connectivity index is 1.74. The zero-order chi connectivity index (χ0) is 33.9. The van der Waals surface area contributed by atoms with E-state index in [1.807, 2.05) is 0 Å². The molecule has 6 heteroatoms. The summed E-state index contributed by atoms with van der Waals surface area (Å²) in [7, 11) is 13.4. The Bertz CT molecular complexity index is 1540. The number of rotatable bonds is 14. The van der Waals surface area contributed by atoms with E-state index in [4.69, 9.17) is 0 Å². The molecule has 0 saturated heterocycles. The first kappa shape index (κ1) is 35.4. The number of quaternary nitrogens is 2. The van der Waals surface area contributed by atoms with Crippen molar-refractivity contribution in [2.75, 3.05) is 73.4 Å². The van der Waals surface area contributed by atoms with Gasteiger partial charge in [0.05, 0.1) is 67.2 Å². The SMILES string of the molecule is CC1(C)C(=CC=C(C=CC2=[N+](CCC[N+](C)(C)C)c3ccccc3C2(C)C)CCC(=O)[O-])N(CCC[N+](C)(C)C)c2ccccc21. The average molecular weight is 627 g/mol. The van der Waals surface area contributed by atoms with Crippen molar-refractivity contribution in [1.82, 2.24) is 0 Å². The van der Waals surface area contributed by atoms with E-state index in [-0.39, 0.29) is 17.3 Å². The fourth-order valence-corrected chi connectivity index (χ4v) is 7.01. The summed E-state index contributed by atoms with van der Waals surface area (Å²) in [5.41, 5.74) is 8.35. The summed E-state index contributed by atoms with van der Waals surface area (Å²) in [6.07, 6.45) is 11.3. The van der Waals surface area contributed by atoms with Gasteiger partial charge in [0.15, 0.2) is 12.3 Å². The van der Waals surface area contributed by atoms with E-state index < -0.39 is 5.97 Å². The van der Waals surface area contributed by atoms with Gasteiger partial charge < -0.3 is 23.8 Å². The monoisotopic (exact) mass is 626 g/mol. The lowest BCUT2D eigenvalue weighted by atomic mass is 9.81. The molecule has 0 bridgehead atoms. The first-order chi connectivity index (χ1) is 21.4. The van der Waals surface area contributed by atoms with Crippen LogP contribution >= 0.6 is 0 Å². The van der Waals surface area contributed by atoms with Crippen LogP contribution < -0.4 is 10.0 Å². The Morgan fingerprint density at radius 1 is 0.826 bits per heavy atom. The second-order valence-electron chi connectivity index (χ2n) is 16.2. The second-order valence-corrected chi connectivity index (χ2v) is 16.2. The predicted octanol–water partition coefficient (Wildman–Crippen LogP) is 5.95. The molecule has 0 radical (unpaired) electrons. The Morgan fingerprint density at radius 3 is 2.09 bits per heavy atom. The Hall–Kier alpha value is -3.48. The van der Waals surface area contributed by atoms with Crippen LogP contribution in [0, 0.1) is 0 Å². The molecule has 0 aliphatic carbocycles. The van der Waals surface area contributed by atoms with Crippen LogP contribution in [0.5, 0.6) is 0 Å². The summed E-state index contributed by atoms with van der Waals surface area (Å²) >= 11 is 0. The van der Waals surface area contributed by atoms with Crippen LogP contribution in [0.15, 0.2) is 84.1 Å². The van der Waals surface area contributed by atoms with Crippen molar-refractivity contribution in [2.45, 2.75) is 64.2 Å². The lowest BCUT2D eigenvalue weighted by molar-refractivity contribution is -0.871. The number of carboxylic acid groups (broad SMARTS) is 1. The molecular weight excluding hydrogens is 568 g/mol. The van der Waals surface area contributed by atoms with Crippen molar-refractivity contribution in [3.63, 3.8) is 0 Å². The average Bonchev–Trinajstić information content (AvgIpc) is 3.30. The second kappa shape index (κ2) is 13.7. The van der Waals surface area contributed by atoms with Gasteiger partial charge in [-0.25, -0.2) is 0 Å². The van der Waals surface area contributed by atoms with Crippen molar-refractivity contribution in [2.24, 2.45) is 0 Å². The molecule has 0 saturated carbocycles. The topological polar surface area (TPSA) is 46.4 Å². The molecule has 0 spiro atoms. The highest BCUT2D eigenvalue weighted by atomic mass is 16.4. The molecule has 0 unspecified atom stereocenters. The summed E-state index contributed by atoms with van der Waals surface area (Å²) in [4.78, 5) is 14.1. The Labute approximate surface area is 278 Å². The van der Waals surface area contributed by atoms with E-state index >= 15 is 0 Å².